The molecule has 0 unspecified atom stereocenters. The van der Waals surface area contributed by atoms with Gasteiger partial charge in [0.05, 0.1) is 0 Å². The number of hydrogen-bond donors (Lipinski definition) is 2. The van der Waals surface area contributed by atoms with Crippen LogP contribution in [0.1, 0.15) is 46.4 Å². The smallest absolute Gasteiger partial charge is 0.261 e. The predicted octanol–water partition coefficient (Wildman–Crippen LogP) is 1.31. The van der Waals surface area contributed by atoms with Gasteiger partial charge in [-0.1, -0.05) is 0 Å². The van der Waals surface area contributed by atoms with Crippen molar-refractivity contribution in [1.29, 1.82) is 0 Å². The Kier molecular flexibility index (Phi) is 4.76. The summed E-state index contributed by atoms with van der Waals surface area (Å²) in [5.74, 6) is 0.474. The molecule has 1 saturated heterocycles. The van der Waals surface area contributed by atoms with Gasteiger partial charge in [-0.2, -0.15) is 0 Å². The third-order valence-corrected chi connectivity index (χ3v) is 4.98. The Morgan fingerprint density at radius 1 is 1.36 bits per heavy atom. The standard InChI is InChI=1S/C18H24N4O3/c1-11-10-12(2)20-17(24)14(11)18(25)22-7-4-13(5-8-22)15(23)16-19-6-9-21(16)3/h6,9-10,13,15,23H,4-5,7-8H2,1-3H3,(H,20,24)/t15-/m0/s1. The van der Waals surface area contributed by atoms with Crippen LogP contribution in [-0.2, 0) is 7.05 Å². The molecule has 3 rings (SSSR count). The van der Waals surface area contributed by atoms with Crippen LogP contribution in [0, 0.1) is 19.8 Å². The van der Waals surface area contributed by atoms with Crippen LogP contribution in [0.15, 0.2) is 23.3 Å². The van der Waals surface area contributed by atoms with E-state index in [1.165, 1.54) is 0 Å². The number of aliphatic hydroxyl groups is 1. The summed E-state index contributed by atoms with van der Waals surface area (Å²) in [6.07, 6.45) is 4.21. The summed E-state index contributed by atoms with van der Waals surface area (Å²) in [7, 11) is 1.86. The minimum atomic E-state index is -0.637. The molecule has 134 valence electrons. The number of aryl methyl sites for hydroxylation is 3. The first-order valence-corrected chi connectivity index (χ1v) is 8.53. The number of aliphatic hydroxyl groups excluding tert-OH is 1. The predicted molar refractivity (Wildman–Crippen MR) is 93.3 cm³/mol. The van der Waals surface area contributed by atoms with Gasteiger partial charge in [-0.3, -0.25) is 9.59 Å². The highest BCUT2D eigenvalue weighted by Gasteiger charge is 2.31. The number of amides is 1. The summed E-state index contributed by atoms with van der Waals surface area (Å²) in [4.78, 5) is 33.5. The van der Waals surface area contributed by atoms with E-state index in [1.807, 2.05) is 23.9 Å². The number of carbonyl (C=O) groups is 1. The van der Waals surface area contributed by atoms with Crippen molar-refractivity contribution in [2.75, 3.05) is 13.1 Å². The Bertz CT molecular complexity index is 831. The summed E-state index contributed by atoms with van der Waals surface area (Å²) in [5.41, 5.74) is 1.32. The Morgan fingerprint density at radius 3 is 2.60 bits per heavy atom. The van der Waals surface area contributed by atoms with Gasteiger partial charge in [-0.05, 0) is 44.2 Å². The number of nitrogens with one attached hydrogen (secondary N) is 1. The van der Waals surface area contributed by atoms with Crippen molar-refractivity contribution in [3.05, 3.63) is 51.5 Å². The molecule has 2 aromatic heterocycles. The third-order valence-electron chi connectivity index (χ3n) is 4.98. The van der Waals surface area contributed by atoms with Gasteiger partial charge in [0.1, 0.15) is 17.5 Å². The first-order valence-electron chi connectivity index (χ1n) is 8.53. The largest absolute Gasteiger partial charge is 0.385 e. The van der Waals surface area contributed by atoms with Gasteiger partial charge in [-0.25, -0.2) is 4.98 Å². The summed E-state index contributed by atoms with van der Waals surface area (Å²) < 4.78 is 1.82. The molecule has 0 saturated carbocycles. The van der Waals surface area contributed by atoms with E-state index >= 15 is 0 Å². The maximum atomic E-state index is 12.7. The van der Waals surface area contributed by atoms with Crippen molar-refractivity contribution >= 4 is 5.91 Å². The zero-order chi connectivity index (χ0) is 18.1. The molecule has 0 aromatic carbocycles. The van der Waals surface area contributed by atoms with Gasteiger partial charge in [-0.15, -0.1) is 0 Å². The monoisotopic (exact) mass is 344 g/mol. The Morgan fingerprint density at radius 2 is 2.04 bits per heavy atom. The molecule has 2 N–H and O–H groups in total. The van der Waals surface area contributed by atoms with Gasteiger partial charge in [0, 0.05) is 38.2 Å². The molecule has 1 fully saturated rings. The lowest BCUT2D eigenvalue weighted by molar-refractivity contribution is 0.0418. The first-order chi connectivity index (χ1) is 11.9. The first kappa shape index (κ1) is 17.4. The molecule has 7 heteroatoms. The van der Waals surface area contributed by atoms with Gasteiger partial charge < -0.3 is 19.6 Å². The minimum Gasteiger partial charge on any atom is -0.385 e. The van der Waals surface area contributed by atoms with Gasteiger partial charge in [0.15, 0.2) is 0 Å². The zero-order valence-electron chi connectivity index (χ0n) is 14.8. The minimum absolute atomic E-state index is 0.0579. The average molecular weight is 344 g/mol. The SMILES string of the molecule is Cc1cc(C)c(C(=O)N2CCC([C@H](O)c3nccn3C)CC2)c(=O)[nH]1. The molecule has 25 heavy (non-hydrogen) atoms. The van der Waals surface area contributed by atoms with Crippen LogP contribution in [0.4, 0.5) is 0 Å². The molecule has 7 nitrogen and oxygen atoms in total. The molecule has 0 radical (unpaired) electrons. The zero-order valence-corrected chi connectivity index (χ0v) is 14.8. The Labute approximate surface area is 146 Å². The van der Waals surface area contributed by atoms with Crippen molar-refractivity contribution in [1.82, 2.24) is 19.4 Å². The van der Waals surface area contributed by atoms with Crippen LogP contribution in [0.3, 0.4) is 0 Å². The molecule has 0 spiro atoms. The van der Waals surface area contributed by atoms with Crippen LogP contribution in [0.2, 0.25) is 0 Å². The molecule has 0 aliphatic carbocycles. The number of rotatable bonds is 3. The Hall–Kier alpha value is -2.41. The molecule has 0 bridgehead atoms. The molecule has 2 aromatic rings. The van der Waals surface area contributed by atoms with Crippen molar-refractivity contribution in [3.63, 3.8) is 0 Å². The van der Waals surface area contributed by atoms with Crippen molar-refractivity contribution in [2.45, 2.75) is 32.8 Å². The quantitative estimate of drug-likeness (QED) is 0.878. The second-order valence-electron chi connectivity index (χ2n) is 6.81. The fraction of sp³-hybridized carbons (Fsp3) is 0.500. The molecule has 1 atom stereocenters. The molecular formula is C18H24N4O3. The number of likely N-dealkylation sites (tertiary alicyclic amines) is 1. The fourth-order valence-electron chi connectivity index (χ4n) is 3.57. The van der Waals surface area contributed by atoms with Crippen LogP contribution in [-0.4, -0.2) is 43.5 Å². The van der Waals surface area contributed by atoms with Crippen molar-refractivity contribution in [3.8, 4) is 0 Å². The fourth-order valence-corrected chi connectivity index (χ4v) is 3.57. The lowest BCUT2D eigenvalue weighted by Crippen LogP contribution is -2.42. The van der Waals surface area contributed by atoms with Gasteiger partial charge >= 0.3 is 0 Å². The van der Waals surface area contributed by atoms with E-state index in [-0.39, 0.29) is 22.9 Å². The lowest BCUT2D eigenvalue weighted by atomic mass is 9.90. The summed E-state index contributed by atoms with van der Waals surface area (Å²) in [6, 6.07) is 1.81. The van der Waals surface area contributed by atoms with Crippen LogP contribution < -0.4 is 5.56 Å². The normalized spacial score (nSPS) is 16.9. The highest BCUT2D eigenvalue weighted by Crippen LogP contribution is 2.30. The van der Waals surface area contributed by atoms with E-state index in [0.717, 1.165) is 5.69 Å². The number of aromatic amines is 1. The number of aromatic nitrogens is 3. The number of hydrogen-bond acceptors (Lipinski definition) is 4. The second kappa shape index (κ2) is 6.84. The van der Waals surface area contributed by atoms with Gasteiger partial charge in [0.25, 0.3) is 11.5 Å². The molecular weight excluding hydrogens is 320 g/mol. The van der Waals surface area contributed by atoms with E-state index in [0.29, 0.717) is 37.3 Å². The van der Waals surface area contributed by atoms with Gasteiger partial charge in [0.2, 0.25) is 0 Å². The highest BCUT2D eigenvalue weighted by atomic mass is 16.3. The third kappa shape index (κ3) is 3.37. The van der Waals surface area contributed by atoms with Crippen LogP contribution in [0.25, 0.3) is 0 Å². The summed E-state index contributed by atoms with van der Waals surface area (Å²) in [5, 5.41) is 10.5. The summed E-state index contributed by atoms with van der Waals surface area (Å²) in [6.45, 7) is 4.63. The van der Waals surface area contributed by atoms with E-state index in [9.17, 15) is 14.7 Å². The number of pyridine rings is 1. The molecule has 1 amide bonds. The second-order valence-corrected chi connectivity index (χ2v) is 6.81. The molecule has 1 aliphatic heterocycles. The van der Waals surface area contributed by atoms with E-state index in [4.69, 9.17) is 0 Å². The van der Waals surface area contributed by atoms with E-state index in [2.05, 4.69) is 9.97 Å². The van der Waals surface area contributed by atoms with Crippen molar-refractivity contribution in [2.24, 2.45) is 13.0 Å². The van der Waals surface area contributed by atoms with Crippen LogP contribution in [0.5, 0.6) is 0 Å². The topological polar surface area (TPSA) is 91.2 Å². The lowest BCUT2D eigenvalue weighted by Gasteiger charge is -2.34. The highest BCUT2D eigenvalue weighted by molar-refractivity contribution is 5.95. The maximum absolute atomic E-state index is 12.7. The average Bonchev–Trinajstić information content (AvgIpc) is 2.99. The number of carbonyl (C=O) groups excluding carboxylic acids is 1. The summed E-state index contributed by atoms with van der Waals surface area (Å²) >= 11 is 0. The Balaban J connectivity index is 1.69. The molecule has 3 heterocycles. The van der Waals surface area contributed by atoms with Crippen LogP contribution >= 0.6 is 0 Å². The molecule has 1 aliphatic rings. The number of H-pyrrole nitrogens is 1. The van der Waals surface area contributed by atoms with E-state index < -0.39 is 6.10 Å². The maximum Gasteiger partial charge on any atom is 0.261 e. The van der Waals surface area contributed by atoms with E-state index in [1.54, 1.807) is 24.9 Å². The van der Waals surface area contributed by atoms with Crippen molar-refractivity contribution < 1.29 is 9.90 Å². The number of piperidine rings is 1. The number of nitrogens with zero attached hydrogens (tertiary/aromatic N) is 3. The number of imidazole rings is 1.